The Morgan fingerprint density at radius 1 is 1.13 bits per heavy atom. The third kappa shape index (κ3) is 4.37. The maximum Gasteiger partial charge on any atom is 0.252 e. The maximum absolute atomic E-state index is 12.6. The first-order valence-electron chi connectivity index (χ1n) is 8.21. The Labute approximate surface area is 147 Å². The zero-order valence-corrected chi connectivity index (χ0v) is 15.6. The van der Waals surface area contributed by atoms with Crippen molar-refractivity contribution in [3.05, 3.63) is 28.1 Å². The Morgan fingerprint density at radius 3 is 2.52 bits per heavy atom. The Bertz CT molecular complexity index is 661. The summed E-state index contributed by atoms with van der Waals surface area (Å²) < 4.78 is 27.6. The molecule has 3 rings (SSSR count). The maximum atomic E-state index is 12.6. The van der Waals surface area contributed by atoms with Gasteiger partial charge in [0.05, 0.1) is 4.34 Å². The van der Waals surface area contributed by atoms with Crippen LogP contribution in [0.15, 0.2) is 28.0 Å². The third-order valence-corrected chi connectivity index (χ3v) is 8.21. The lowest BCUT2D eigenvalue weighted by molar-refractivity contribution is 0.189. The van der Waals surface area contributed by atoms with Gasteiger partial charge in [0.1, 0.15) is 4.21 Å². The van der Waals surface area contributed by atoms with E-state index in [1.165, 1.54) is 25.7 Å². The summed E-state index contributed by atoms with van der Waals surface area (Å²) in [5, 5.41) is 0. The van der Waals surface area contributed by atoms with Gasteiger partial charge in [0.15, 0.2) is 0 Å². The van der Waals surface area contributed by atoms with Gasteiger partial charge in [-0.3, -0.25) is 0 Å². The second-order valence-corrected chi connectivity index (χ2v) is 10.0. The normalized spacial score (nSPS) is 21.3. The summed E-state index contributed by atoms with van der Waals surface area (Å²) in [6, 6.07) is 3.25. The molecule has 0 unspecified atom stereocenters. The summed E-state index contributed by atoms with van der Waals surface area (Å²) in [7, 11) is -3.37. The molecule has 1 aliphatic carbocycles. The van der Waals surface area contributed by atoms with Crippen molar-refractivity contribution < 1.29 is 8.42 Å². The number of sulfonamides is 1. The fraction of sp³-hybridized carbons (Fsp3) is 0.625. The second-order valence-electron chi connectivity index (χ2n) is 6.16. The highest BCUT2D eigenvalue weighted by Gasteiger charge is 2.29. The molecule has 23 heavy (non-hydrogen) atoms. The first-order chi connectivity index (χ1) is 11.1. The van der Waals surface area contributed by atoms with Crippen molar-refractivity contribution in [2.24, 2.45) is 0 Å². The molecular weight excluding hydrogens is 352 g/mol. The Hall–Kier alpha value is -0.400. The number of piperazine rings is 1. The molecule has 7 heteroatoms. The minimum atomic E-state index is -3.37. The van der Waals surface area contributed by atoms with Gasteiger partial charge in [0, 0.05) is 32.7 Å². The highest BCUT2D eigenvalue weighted by Crippen LogP contribution is 2.28. The number of thiophene rings is 1. The van der Waals surface area contributed by atoms with E-state index in [1.807, 2.05) is 0 Å². The van der Waals surface area contributed by atoms with Crippen LogP contribution in [-0.2, 0) is 10.0 Å². The van der Waals surface area contributed by atoms with Gasteiger partial charge in [-0.2, -0.15) is 4.31 Å². The van der Waals surface area contributed by atoms with Crippen molar-refractivity contribution in [2.45, 2.75) is 36.3 Å². The third-order valence-electron chi connectivity index (χ3n) is 4.61. The molecule has 1 saturated heterocycles. The predicted molar refractivity (Wildman–Crippen MR) is 95.7 cm³/mol. The largest absolute Gasteiger partial charge is 0.300 e. The van der Waals surface area contributed by atoms with Gasteiger partial charge < -0.3 is 4.90 Å². The molecular formula is C16H23ClN2O2S2. The number of halogens is 1. The molecule has 0 amide bonds. The predicted octanol–water partition coefficient (Wildman–Crippen LogP) is 3.60. The van der Waals surface area contributed by atoms with Crippen LogP contribution in [0.25, 0.3) is 0 Å². The number of rotatable bonds is 5. The zero-order chi connectivity index (χ0) is 16.3. The smallest absolute Gasteiger partial charge is 0.252 e. The van der Waals surface area contributed by atoms with Crippen molar-refractivity contribution in [1.29, 1.82) is 0 Å². The second kappa shape index (κ2) is 7.66. The fourth-order valence-corrected chi connectivity index (χ4v) is 6.25. The van der Waals surface area contributed by atoms with Crippen LogP contribution in [0.2, 0.25) is 4.34 Å². The topological polar surface area (TPSA) is 40.6 Å². The molecule has 128 valence electrons. The van der Waals surface area contributed by atoms with Crippen LogP contribution in [0.1, 0.15) is 32.1 Å². The number of allylic oxidation sites excluding steroid dienone is 1. The fourth-order valence-electron chi connectivity index (χ4n) is 3.19. The van der Waals surface area contributed by atoms with Crippen LogP contribution >= 0.6 is 22.9 Å². The van der Waals surface area contributed by atoms with Crippen LogP contribution < -0.4 is 0 Å². The van der Waals surface area contributed by atoms with Crippen LogP contribution in [0.4, 0.5) is 0 Å². The van der Waals surface area contributed by atoms with Crippen molar-refractivity contribution in [3.63, 3.8) is 0 Å². The average Bonchev–Trinajstić information content (AvgIpc) is 3.02. The summed E-state index contributed by atoms with van der Waals surface area (Å²) in [5.74, 6) is 0. The minimum Gasteiger partial charge on any atom is -0.300 e. The van der Waals surface area contributed by atoms with Crippen molar-refractivity contribution in [1.82, 2.24) is 9.21 Å². The highest BCUT2D eigenvalue weighted by molar-refractivity contribution is 7.91. The van der Waals surface area contributed by atoms with Gasteiger partial charge in [0.25, 0.3) is 10.0 Å². The van der Waals surface area contributed by atoms with Crippen molar-refractivity contribution in [3.8, 4) is 0 Å². The molecule has 4 nitrogen and oxygen atoms in total. The van der Waals surface area contributed by atoms with E-state index in [0.717, 1.165) is 37.4 Å². The van der Waals surface area contributed by atoms with Crippen LogP contribution in [0, 0.1) is 0 Å². The molecule has 0 bridgehead atoms. The van der Waals surface area contributed by atoms with Gasteiger partial charge in [0.2, 0.25) is 0 Å². The summed E-state index contributed by atoms with van der Waals surface area (Å²) in [4.78, 5) is 2.38. The first-order valence-corrected chi connectivity index (χ1v) is 10.8. The van der Waals surface area contributed by atoms with Gasteiger partial charge in [-0.25, -0.2) is 8.42 Å². The lowest BCUT2D eigenvalue weighted by Crippen LogP contribution is -2.48. The number of hydrogen-bond acceptors (Lipinski definition) is 4. The Balaban J connectivity index is 1.51. The number of nitrogens with zero attached hydrogens (tertiary/aromatic N) is 2. The first kappa shape index (κ1) is 17.4. The van der Waals surface area contributed by atoms with E-state index in [1.54, 1.807) is 22.0 Å². The molecule has 0 aromatic carbocycles. The highest BCUT2D eigenvalue weighted by atomic mass is 35.5. The van der Waals surface area contributed by atoms with Crippen LogP contribution in [0.5, 0.6) is 0 Å². The summed E-state index contributed by atoms with van der Waals surface area (Å²) in [6.07, 6.45) is 8.64. The molecule has 0 atom stereocenters. The van der Waals surface area contributed by atoms with Crippen molar-refractivity contribution in [2.75, 3.05) is 32.7 Å². The lowest BCUT2D eigenvalue weighted by atomic mass is 9.97. The van der Waals surface area contributed by atoms with E-state index < -0.39 is 10.0 Å². The molecule has 1 fully saturated rings. The molecule has 1 aromatic rings. The minimum absolute atomic E-state index is 0.350. The van der Waals surface area contributed by atoms with E-state index in [2.05, 4.69) is 11.0 Å². The van der Waals surface area contributed by atoms with E-state index >= 15 is 0 Å². The summed E-state index contributed by atoms with van der Waals surface area (Å²) in [6.45, 7) is 3.80. The summed E-state index contributed by atoms with van der Waals surface area (Å²) >= 11 is 7.00. The van der Waals surface area contributed by atoms with E-state index in [0.29, 0.717) is 21.6 Å². The standard InChI is InChI=1S/C16H23ClN2O2S2/c17-15-6-7-16(22-15)23(20,21)19-12-10-18(11-13-19)9-8-14-4-2-1-3-5-14/h4,6-7H,1-3,5,8-13H2. The molecule has 1 aromatic heterocycles. The molecule has 0 N–H and O–H groups in total. The molecule has 0 saturated carbocycles. The Morgan fingerprint density at radius 2 is 1.91 bits per heavy atom. The monoisotopic (exact) mass is 374 g/mol. The van der Waals surface area contributed by atoms with E-state index in [4.69, 9.17) is 11.6 Å². The van der Waals surface area contributed by atoms with E-state index in [9.17, 15) is 8.42 Å². The average molecular weight is 375 g/mol. The van der Waals surface area contributed by atoms with Crippen molar-refractivity contribution >= 4 is 33.0 Å². The molecule has 1 aliphatic heterocycles. The van der Waals surface area contributed by atoms with Crippen LogP contribution in [-0.4, -0.2) is 50.3 Å². The van der Waals surface area contributed by atoms with Crippen LogP contribution in [0.3, 0.4) is 0 Å². The van der Waals surface area contributed by atoms with Gasteiger partial charge in [-0.15, -0.1) is 11.3 Å². The Kier molecular flexibility index (Phi) is 5.80. The molecule has 0 spiro atoms. The summed E-state index contributed by atoms with van der Waals surface area (Å²) in [5.41, 5.74) is 1.58. The lowest BCUT2D eigenvalue weighted by Gasteiger charge is -2.34. The van der Waals surface area contributed by atoms with E-state index in [-0.39, 0.29) is 0 Å². The number of hydrogen-bond donors (Lipinski definition) is 0. The van der Waals surface area contributed by atoms with Gasteiger partial charge in [-0.05, 0) is 44.2 Å². The molecule has 2 heterocycles. The van der Waals surface area contributed by atoms with Gasteiger partial charge in [-0.1, -0.05) is 23.3 Å². The SMILES string of the molecule is O=S(=O)(c1ccc(Cl)s1)N1CCN(CCC2=CCCCC2)CC1. The van der Waals surface area contributed by atoms with Gasteiger partial charge >= 0.3 is 0 Å². The molecule has 2 aliphatic rings. The quantitative estimate of drug-likeness (QED) is 0.739. The molecule has 0 radical (unpaired) electrons. The zero-order valence-electron chi connectivity index (χ0n) is 13.2.